The Balaban J connectivity index is 1.62. The Bertz CT molecular complexity index is 1840. The van der Waals surface area contributed by atoms with E-state index in [4.69, 9.17) is 13.9 Å². The van der Waals surface area contributed by atoms with Crippen LogP contribution in [0.25, 0.3) is 17.4 Å². The number of aromatic nitrogens is 1. The predicted molar refractivity (Wildman–Crippen MR) is 149 cm³/mol. The molecule has 0 aliphatic carbocycles. The lowest BCUT2D eigenvalue weighted by atomic mass is 9.96. The van der Waals surface area contributed by atoms with Crippen LogP contribution in [0, 0.1) is 6.92 Å². The van der Waals surface area contributed by atoms with Gasteiger partial charge >= 0.3 is 11.9 Å². The molecule has 4 aromatic rings. The molecule has 2 aromatic carbocycles. The second-order valence-electron chi connectivity index (χ2n) is 9.11. The number of rotatable bonds is 7. The van der Waals surface area contributed by atoms with Crippen molar-refractivity contribution in [2.75, 3.05) is 13.7 Å². The van der Waals surface area contributed by atoms with E-state index in [-0.39, 0.29) is 17.7 Å². The summed E-state index contributed by atoms with van der Waals surface area (Å²) in [4.78, 5) is 43.3. The number of benzene rings is 2. The summed E-state index contributed by atoms with van der Waals surface area (Å²) in [7, 11) is 1.57. The summed E-state index contributed by atoms with van der Waals surface area (Å²) in [6.45, 7) is 5.50. The van der Waals surface area contributed by atoms with Gasteiger partial charge in [0.15, 0.2) is 4.80 Å². The van der Waals surface area contributed by atoms with E-state index in [2.05, 4.69) is 4.99 Å². The third kappa shape index (κ3) is 4.89. The minimum absolute atomic E-state index is 0.151. The predicted octanol–water partition coefficient (Wildman–Crippen LogP) is 4.07. The lowest BCUT2D eigenvalue weighted by Gasteiger charge is -2.24. The molecule has 1 aliphatic heterocycles. The first kappa shape index (κ1) is 26.9. The Morgan fingerprint density at radius 1 is 1.12 bits per heavy atom. The third-order valence-electron chi connectivity index (χ3n) is 6.60. The average Bonchev–Trinajstić information content (AvgIpc) is 3.52. The van der Waals surface area contributed by atoms with Gasteiger partial charge in [-0.15, -0.1) is 0 Å². The van der Waals surface area contributed by atoms with Crippen molar-refractivity contribution in [3.63, 3.8) is 0 Å². The molecule has 1 atom stereocenters. The van der Waals surface area contributed by atoms with Gasteiger partial charge in [-0.3, -0.25) is 9.36 Å². The molecule has 0 bridgehead atoms. The normalized spacial score (nSPS) is 15.0. The topological polar surface area (TPSA) is 120 Å². The van der Waals surface area contributed by atoms with Crippen molar-refractivity contribution in [3.05, 3.63) is 108 Å². The maximum absolute atomic E-state index is 13.8. The van der Waals surface area contributed by atoms with E-state index in [0.717, 1.165) is 5.56 Å². The molecule has 1 N–H and O–H groups in total. The van der Waals surface area contributed by atoms with Crippen molar-refractivity contribution < 1.29 is 28.6 Å². The van der Waals surface area contributed by atoms with Gasteiger partial charge in [0.2, 0.25) is 0 Å². The molecule has 5 rings (SSSR count). The molecule has 3 heterocycles. The largest absolute Gasteiger partial charge is 0.497 e. The van der Waals surface area contributed by atoms with Gasteiger partial charge in [-0.05, 0) is 68.3 Å². The van der Waals surface area contributed by atoms with E-state index in [1.54, 1.807) is 63.4 Å². The molecule has 0 saturated heterocycles. The molecular formula is C30H26N2O7S. The molecule has 10 heteroatoms. The van der Waals surface area contributed by atoms with Crippen LogP contribution in [0.4, 0.5) is 0 Å². The Kier molecular flexibility index (Phi) is 7.27. The van der Waals surface area contributed by atoms with Crippen LogP contribution in [0.1, 0.15) is 47.1 Å². The number of aryl methyl sites for hydroxylation is 1. The number of hydrogen-bond donors (Lipinski definition) is 1. The van der Waals surface area contributed by atoms with Crippen LogP contribution in [-0.4, -0.2) is 35.3 Å². The molecule has 40 heavy (non-hydrogen) atoms. The van der Waals surface area contributed by atoms with E-state index in [0.29, 0.717) is 49.0 Å². The molecule has 0 unspecified atom stereocenters. The molecule has 0 amide bonds. The fourth-order valence-electron chi connectivity index (χ4n) is 4.62. The molecule has 0 saturated carbocycles. The van der Waals surface area contributed by atoms with Crippen molar-refractivity contribution in [2.24, 2.45) is 4.99 Å². The lowest BCUT2D eigenvalue weighted by Crippen LogP contribution is -2.39. The van der Waals surface area contributed by atoms with E-state index < -0.39 is 18.0 Å². The van der Waals surface area contributed by atoms with Crippen molar-refractivity contribution >= 4 is 29.4 Å². The fourth-order valence-corrected chi connectivity index (χ4v) is 5.64. The minimum atomic E-state index is -1.03. The summed E-state index contributed by atoms with van der Waals surface area (Å²) in [5.41, 5.74) is 2.79. The first-order valence-corrected chi connectivity index (χ1v) is 13.3. The van der Waals surface area contributed by atoms with E-state index in [1.807, 2.05) is 19.1 Å². The quantitative estimate of drug-likeness (QED) is 0.340. The fraction of sp³-hybridized carbons (Fsp3) is 0.200. The van der Waals surface area contributed by atoms with Crippen LogP contribution in [0.2, 0.25) is 0 Å². The summed E-state index contributed by atoms with van der Waals surface area (Å²) in [6.07, 6.45) is 1.62. The average molecular weight is 559 g/mol. The van der Waals surface area contributed by atoms with E-state index >= 15 is 0 Å². The Morgan fingerprint density at radius 3 is 2.55 bits per heavy atom. The molecule has 1 aliphatic rings. The van der Waals surface area contributed by atoms with Gasteiger partial charge in [-0.1, -0.05) is 29.5 Å². The molecule has 0 spiro atoms. The SMILES string of the molecule is CCOC(=O)C1=C(C)N=c2s/c(=C\c3ccc(-c4cc(C(=O)O)ccc4C)o3)c(=O)n2[C@H]1c1ccc(OC)cc1. The molecule has 0 radical (unpaired) electrons. The summed E-state index contributed by atoms with van der Waals surface area (Å²) in [5.74, 6) is -0.0160. The number of esters is 1. The smallest absolute Gasteiger partial charge is 0.338 e. The number of aromatic carboxylic acids is 1. The molecule has 2 aromatic heterocycles. The number of carboxylic acids is 1. The monoisotopic (exact) mass is 558 g/mol. The summed E-state index contributed by atoms with van der Waals surface area (Å²) in [5, 5.41) is 9.37. The first-order valence-electron chi connectivity index (χ1n) is 12.5. The van der Waals surface area contributed by atoms with E-state index in [1.165, 1.54) is 22.0 Å². The zero-order valence-electron chi connectivity index (χ0n) is 22.3. The highest BCUT2D eigenvalue weighted by Crippen LogP contribution is 2.32. The number of methoxy groups -OCH3 is 1. The molecule has 0 fully saturated rings. The summed E-state index contributed by atoms with van der Waals surface area (Å²) in [6, 6.07) is 14.7. The van der Waals surface area contributed by atoms with Crippen LogP contribution in [0.3, 0.4) is 0 Å². The molecular weight excluding hydrogens is 532 g/mol. The highest BCUT2D eigenvalue weighted by Gasteiger charge is 2.33. The first-order chi connectivity index (χ1) is 19.2. The molecule has 9 nitrogen and oxygen atoms in total. The van der Waals surface area contributed by atoms with Crippen LogP contribution < -0.4 is 19.6 Å². The second kappa shape index (κ2) is 10.8. The Hall–Kier alpha value is -4.70. The molecule has 204 valence electrons. The van der Waals surface area contributed by atoms with Crippen LogP contribution in [-0.2, 0) is 9.53 Å². The van der Waals surface area contributed by atoms with Crippen molar-refractivity contribution in [1.29, 1.82) is 0 Å². The van der Waals surface area contributed by atoms with Crippen molar-refractivity contribution in [1.82, 2.24) is 4.57 Å². The number of carbonyl (C=O) groups is 2. The van der Waals surface area contributed by atoms with Gasteiger partial charge < -0.3 is 19.0 Å². The van der Waals surface area contributed by atoms with Gasteiger partial charge in [-0.25, -0.2) is 14.6 Å². The number of allylic oxidation sites excluding steroid dienone is 1. The van der Waals surface area contributed by atoms with Crippen molar-refractivity contribution in [3.8, 4) is 17.1 Å². The number of thiazole rings is 1. The van der Waals surface area contributed by atoms with Crippen molar-refractivity contribution in [2.45, 2.75) is 26.8 Å². The van der Waals surface area contributed by atoms with Crippen LogP contribution in [0.15, 0.2) is 80.1 Å². The van der Waals surface area contributed by atoms with Gasteiger partial charge in [0, 0.05) is 11.6 Å². The summed E-state index contributed by atoms with van der Waals surface area (Å²) < 4.78 is 18.5. The zero-order chi connectivity index (χ0) is 28.6. The number of nitrogens with zero attached hydrogens (tertiary/aromatic N) is 2. The number of carbonyl (C=O) groups excluding carboxylic acids is 1. The van der Waals surface area contributed by atoms with Gasteiger partial charge in [0.25, 0.3) is 5.56 Å². The minimum Gasteiger partial charge on any atom is -0.497 e. The summed E-state index contributed by atoms with van der Waals surface area (Å²) >= 11 is 1.19. The van der Waals surface area contributed by atoms with Crippen LogP contribution >= 0.6 is 11.3 Å². The highest BCUT2D eigenvalue weighted by atomic mass is 32.1. The third-order valence-corrected chi connectivity index (χ3v) is 7.58. The number of ether oxygens (including phenoxy) is 2. The number of hydrogen-bond acceptors (Lipinski definition) is 8. The number of fused-ring (bicyclic) bond motifs is 1. The lowest BCUT2D eigenvalue weighted by molar-refractivity contribution is -0.139. The Labute approximate surface area is 232 Å². The van der Waals surface area contributed by atoms with Gasteiger partial charge in [-0.2, -0.15) is 0 Å². The van der Waals surface area contributed by atoms with Crippen LogP contribution in [0.5, 0.6) is 5.75 Å². The van der Waals surface area contributed by atoms with Gasteiger partial charge in [0.05, 0.1) is 41.1 Å². The zero-order valence-corrected chi connectivity index (χ0v) is 23.1. The highest BCUT2D eigenvalue weighted by molar-refractivity contribution is 7.07. The van der Waals surface area contributed by atoms with E-state index in [9.17, 15) is 19.5 Å². The second-order valence-corrected chi connectivity index (χ2v) is 10.1. The standard InChI is InChI=1S/C30H26N2O7S/c1-5-38-29(36)25-17(3)31-30-32(26(25)18-8-10-20(37-4)11-9-18)27(33)24(40-30)15-21-12-13-23(39-21)22-14-19(28(34)35)7-6-16(22)2/h6-15,26H,5H2,1-4H3,(H,34,35)/b24-15-/t26-/m0/s1. The maximum Gasteiger partial charge on any atom is 0.338 e. The Morgan fingerprint density at radius 2 is 1.88 bits per heavy atom. The van der Waals surface area contributed by atoms with Gasteiger partial charge in [0.1, 0.15) is 17.3 Å². The number of furan rings is 1. The number of carboxylic acid groups (broad SMARTS) is 1. The maximum atomic E-state index is 13.8.